The van der Waals surface area contributed by atoms with Crippen molar-refractivity contribution < 1.29 is 45.1 Å². The van der Waals surface area contributed by atoms with Crippen LogP contribution >= 0.6 is 0 Å². The first-order valence-electron chi connectivity index (χ1n) is 11.8. The third-order valence-electron chi connectivity index (χ3n) is 6.82. The van der Waals surface area contributed by atoms with Gasteiger partial charge in [0.15, 0.2) is 0 Å². The lowest BCUT2D eigenvalue weighted by Crippen LogP contribution is -2.51. The number of imide groups is 1. The predicted molar refractivity (Wildman–Crippen MR) is 124 cm³/mol. The van der Waals surface area contributed by atoms with Gasteiger partial charge in [0, 0.05) is 12.2 Å². The first-order valence-corrected chi connectivity index (χ1v) is 11.8. The number of amides is 4. The van der Waals surface area contributed by atoms with Crippen molar-refractivity contribution in [2.45, 2.75) is 50.2 Å². The Balaban J connectivity index is 1.54. The third-order valence-corrected chi connectivity index (χ3v) is 6.82. The lowest BCUT2D eigenvalue weighted by atomic mass is 9.91. The van der Waals surface area contributed by atoms with E-state index in [-0.39, 0.29) is 24.1 Å². The minimum Gasteiger partial charge on any atom is -0.376 e. The van der Waals surface area contributed by atoms with Gasteiger partial charge >= 0.3 is 18.4 Å². The Kier molecular flexibility index (Phi) is 7.25. The van der Waals surface area contributed by atoms with E-state index in [4.69, 9.17) is 0 Å². The number of alkyl halides is 6. The number of nitrogens with one attached hydrogen (secondary N) is 2. The van der Waals surface area contributed by atoms with E-state index in [0.29, 0.717) is 20.9 Å². The summed E-state index contributed by atoms with van der Waals surface area (Å²) < 4.78 is 91.6. The van der Waals surface area contributed by atoms with Crippen LogP contribution in [0.2, 0.25) is 0 Å². The molecule has 4 amide bonds. The van der Waals surface area contributed by atoms with E-state index in [2.05, 4.69) is 10.6 Å². The molecule has 39 heavy (non-hydrogen) atoms. The van der Waals surface area contributed by atoms with Gasteiger partial charge < -0.3 is 15.5 Å². The van der Waals surface area contributed by atoms with Crippen molar-refractivity contribution in [1.29, 1.82) is 0 Å². The van der Waals surface area contributed by atoms with E-state index in [1.165, 1.54) is 30.3 Å². The zero-order chi connectivity index (χ0) is 28.8. The van der Waals surface area contributed by atoms with E-state index >= 15 is 0 Å². The van der Waals surface area contributed by atoms with Crippen LogP contribution in [0.1, 0.15) is 30.0 Å². The molecule has 7 nitrogen and oxygen atoms in total. The summed E-state index contributed by atoms with van der Waals surface area (Å²) in [5, 5.41) is 4.76. The van der Waals surface area contributed by atoms with Crippen LogP contribution in [-0.2, 0) is 28.1 Å². The smallest absolute Gasteiger partial charge is 0.376 e. The van der Waals surface area contributed by atoms with Gasteiger partial charge in [0.25, 0.3) is 5.91 Å². The highest BCUT2D eigenvalue weighted by atomic mass is 19.4. The fourth-order valence-corrected chi connectivity index (χ4v) is 4.74. The molecule has 0 aromatic heterocycles. The maximum atomic E-state index is 13.6. The van der Waals surface area contributed by atoms with Crippen LogP contribution in [-0.4, -0.2) is 59.1 Å². The largest absolute Gasteiger partial charge is 0.408 e. The number of aryl methyl sites for hydroxylation is 1. The standard InChI is InChI=1S/C25H23F7N4O3/c1-14(25(30,31)32)35(11-15-2-4-17(26)5-3-15)20(37)12-36-21(38)23(34-22(36)39)9-8-16-10-18(6-7-19(16)23)33-13-24(27,28)29/h2-7,10,14,33H,8-9,11-13H2,1H3,(H,34,39)/t14-,23?/m0/s1. The molecule has 1 fully saturated rings. The van der Waals surface area contributed by atoms with Gasteiger partial charge in [-0.15, -0.1) is 0 Å². The Morgan fingerprint density at radius 2 is 1.77 bits per heavy atom. The second kappa shape index (κ2) is 10.0. The molecule has 2 N–H and O–H groups in total. The highest BCUT2D eigenvalue weighted by Crippen LogP contribution is 2.42. The summed E-state index contributed by atoms with van der Waals surface area (Å²) in [6.45, 7) is -2.04. The number of hydrogen-bond donors (Lipinski definition) is 2. The van der Waals surface area contributed by atoms with E-state index in [1.807, 2.05) is 0 Å². The maximum absolute atomic E-state index is 13.6. The normalized spacial score (nSPS) is 19.7. The summed E-state index contributed by atoms with van der Waals surface area (Å²) >= 11 is 0. The molecule has 1 heterocycles. The van der Waals surface area contributed by atoms with Gasteiger partial charge in [-0.1, -0.05) is 18.2 Å². The number of carbonyl (C=O) groups excluding carboxylic acids is 3. The van der Waals surface area contributed by atoms with Gasteiger partial charge in [0.2, 0.25) is 5.91 Å². The Labute approximate surface area is 217 Å². The number of carbonyl (C=O) groups is 3. The van der Waals surface area contributed by atoms with Gasteiger partial charge in [-0.25, -0.2) is 9.18 Å². The monoisotopic (exact) mass is 560 g/mol. The van der Waals surface area contributed by atoms with Crippen molar-refractivity contribution >= 4 is 23.5 Å². The third kappa shape index (κ3) is 5.78. The van der Waals surface area contributed by atoms with Crippen LogP contribution < -0.4 is 10.6 Å². The summed E-state index contributed by atoms with van der Waals surface area (Å²) in [6.07, 6.45) is -8.99. The van der Waals surface area contributed by atoms with Gasteiger partial charge in [0.1, 0.15) is 30.5 Å². The van der Waals surface area contributed by atoms with Gasteiger partial charge in [-0.3, -0.25) is 14.5 Å². The number of hydrogen-bond acceptors (Lipinski definition) is 4. The predicted octanol–water partition coefficient (Wildman–Crippen LogP) is 4.47. The molecule has 14 heteroatoms. The van der Waals surface area contributed by atoms with E-state index in [1.54, 1.807) is 0 Å². The molecule has 1 aliphatic carbocycles. The van der Waals surface area contributed by atoms with Crippen LogP contribution in [0.15, 0.2) is 42.5 Å². The van der Waals surface area contributed by atoms with Crippen LogP contribution in [0, 0.1) is 5.82 Å². The van der Waals surface area contributed by atoms with E-state index in [9.17, 15) is 45.1 Å². The number of benzene rings is 2. The number of rotatable bonds is 7. The van der Waals surface area contributed by atoms with Crippen molar-refractivity contribution in [2.75, 3.05) is 18.4 Å². The lowest BCUT2D eigenvalue weighted by molar-refractivity contribution is -0.187. The Morgan fingerprint density at radius 1 is 1.10 bits per heavy atom. The van der Waals surface area contributed by atoms with Crippen LogP contribution in [0.25, 0.3) is 0 Å². The van der Waals surface area contributed by atoms with Crippen molar-refractivity contribution in [3.63, 3.8) is 0 Å². The van der Waals surface area contributed by atoms with Crippen molar-refractivity contribution in [3.8, 4) is 0 Å². The van der Waals surface area contributed by atoms with Crippen molar-refractivity contribution in [2.24, 2.45) is 0 Å². The fourth-order valence-electron chi connectivity index (χ4n) is 4.74. The molecule has 4 rings (SSSR count). The molecule has 1 saturated heterocycles. The molecule has 2 atom stereocenters. The average molecular weight is 560 g/mol. The van der Waals surface area contributed by atoms with E-state index in [0.717, 1.165) is 19.1 Å². The molecule has 2 aromatic carbocycles. The zero-order valence-corrected chi connectivity index (χ0v) is 20.4. The Bertz CT molecular complexity index is 1280. The Morgan fingerprint density at radius 3 is 2.38 bits per heavy atom. The molecule has 0 saturated carbocycles. The van der Waals surface area contributed by atoms with Crippen molar-refractivity contribution in [1.82, 2.24) is 15.1 Å². The molecule has 0 radical (unpaired) electrons. The minimum absolute atomic E-state index is 0.0541. The highest BCUT2D eigenvalue weighted by Gasteiger charge is 2.56. The van der Waals surface area contributed by atoms with Crippen LogP contribution in [0.3, 0.4) is 0 Å². The number of urea groups is 1. The second-order valence-electron chi connectivity index (χ2n) is 9.43. The molecule has 1 spiro atoms. The average Bonchev–Trinajstić information content (AvgIpc) is 3.33. The highest BCUT2D eigenvalue weighted by molar-refractivity contribution is 6.10. The summed E-state index contributed by atoms with van der Waals surface area (Å²) in [6, 6.07) is 5.37. The number of nitrogens with zero attached hydrogens (tertiary/aromatic N) is 2. The quantitative estimate of drug-likeness (QED) is 0.387. The fraction of sp³-hybridized carbons (Fsp3) is 0.400. The van der Waals surface area contributed by atoms with Crippen LogP contribution in [0.5, 0.6) is 0 Å². The number of halogens is 7. The van der Waals surface area contributed by atoms with Gasteiger partial charge in [-0.2, -0.15) is 26.3 Å². The first-order chi connectivity index (χ1) is 18.1. The van der Waals surface area contributed by atoms with Crippen LogP contribution in [0.4, 0.5) is 41.2 Å². The summed E-state index contributed by atoms with van der Waals surface area (Å²) in [5.74, 6) is -2.63. The van der Waals surface area contributed by atoms with Crippen molar-refractivity contribution in [3.05, 3.63) is 65.0 Å². The zero-order valence-electron chi connectivity index (χ0n) is 20.4. The molecule has 2 aromatic rings. The molecule has 2 aliphatic rings. The van der Waals surface area contributed by atoms with Gasteiger partial charge in [0.05, 0.1) is 0 Å². The lowest BCUT2D eigenvalue weighted by Gasteiger charge is -2.32. The topological polar surface area (TPSA) is 81.8 Å². The Hall–Kier alpha value is -3.84. The summed E-state index contributed by atoms with van der Waals surface area (Å²) in [4.78, 5) is 40.3. The molecule has 1 unspecified atom stereocenters. The second-order valence-corrected chi connectivity index (χ2v) is 9.43. The van der Waals surface area contributed by atoms with Gasteiger partial charge in [-0.05, 0) is 60.7 Å². The number of anilines is 1. The molecule has 1 aliphatic heterocycles. The molecular weight excluding hydrogens is 537 g/mol. The number of fused-ring (bicyclic) bond motifs is 2. The first kappa shape index (κ1) is 28.2. The summed E-state index contributed by atoms with van der Waals surface area (Å²) in [7, 11) is 0. The SMILES string of the molecule is C[C@H](N(Cc1ccc(F)cc1)C(=O)CN1C(=O)NC2(CCc3cc(NCC(F)(F)F)ccc32)C1=O)C(F)(F)F. The van der Waals surface area contributed by atoms with E-state index < -0.39 is 67.2 Å². The summed E-state index contributed by atoms with van der Waals surface area (Å²) in [5.41, 5.74) is -0.390. The maximum Gasteiger partial charge on any atom is 0.408 e. The molecule has 0 bridgehead atoms. The minimum atomic E-state index is -4.82. The molecule has 210 valence electrons. The molecular formula is C25H23F7N4O3.